The molecule has 0 spiro atoms. The second-order valence-electron chi connectivity index (χ2n) is 3.70. The Hall–Kier alpha value is -0.410. The molecule has 0 radical (unpaired) electrons. The number of hydrogen-bond acceptors (Lipinski definition) is 3. The fourth-order valence-corrected chi connectivity index (χ4v) is 1.65. The summed E-state index contributed by atoms with van der Waals surface area (Å²) in [6.45, 7) is 7.75. The fourth-order valence-electron chi connectivity index (χ4n) is 1.65. The van der Waals surface area contributed by atoms with Gasteiger partial charge in [-0.2, -0.15) is 0 Å². The Morgan fingerprint density at radius 3 is 2.62 bits per heavy atom. The summed E-state index contributed by atoms with van der Waals surface area (Å²) in [6.07, 6.45) is 3.06. The maximum absolute atomic E-state index is 7.66. The van der Waals surface area contributed by atoms with E-state index in [1.165, 1.54) is 0 Å². The van der Waals surface area contributed by atoms with E-state index in [1.807, 2.05) is 0 Å². The van der Waals surface area contributed by atoms with Crippen molar-refractivity contribution in [1.82, 2.24) is 10.2 Å². The Morgan fingerprint density at radius 2 is 2.00 bits per heavy atom. The van der Waals surface area contributed by atoms with Crippen LogP contribution in [0.2, 0.25) is 0 Å². The third kappa shape index (κ3) is 4.39. The van der Waals surface area contributed by atoms with Gasteiger partial charge in [0.05, 0.1) is 0 Å². The van der Waals surface area contributed by atoms with Gasteiger partial charge in [0.2, 0.25) is 0 Å². The Bertz CT molecular complexity index is 150. The molecule has 1 saturated heterocycles. The highest BCUT2D eigenvalue weighted by molar-refractivity contribution is 5.81. The summed E-state index contributed by atoms with van der Waals surface area (Å²) in [5.41, 5.74) is 0.918. The molecule has 1 aliphatic rings. The van der Waals surface area contributed by atoms with Crippen LogP contribution in [0.1, 0.15) is 26.2 Å². The first-order valence-corrected chi connectivity index (χ1v) is 5.32. The molecule has 0 amide bonds. The zero-order chi connectivity index (χ0) is 9.52. The van der Waals surface area contributed by atoms with E-state index in [2.05, 4.69) is 17.1 Å². The summed E-state index contributed by atoms with van der Waals surface area (Å²) in [4.78, 5) is 2.45. The van der Waals surface area contributed by atoms with Crippen molar-refractivity contribution in [1.29, 1.82) is 5.41 Å². The minimum Gasteiger partial charge on any atom is -0.314 e. The second-order valence-corrected chi connectivity index (χ2v) is 3.70. The molecule has 3 heteroatoms. The third-order valence-electron chi connectivity index (χ3n) is 2.49. The number of nitrogens with one attached hydrogen (secondary N) is 2. The van der Waals surface area contributed by atoms with Gasteiger partial charge in [-0.15, -0.1) is 0 Å². The molecule has 3 nitrogen and oxygen atoms in total. The Kier molecular flexibility index (Phi) is 5.01. The van der Waals surface area contributed by atoms with Gasteiger partial charge in [-0.3, -0.25) is 0 Å². The van der Waals surface area contributed by atoms with Crippen LogP contribution in [-0.2, 0) is 0 Å². The maximum atomic E-state index is 7.66. The summed E-state index contributed by atoms with van der Waals surface area (Å²) in [5.74, 6) is 0. The highest BCUT2D eigenvalue weighted by Crippen LogP contribution is 1.99. The summed E-state index contributed by atoms with van der Waals surface area (Å²) in [5, 5.41) is 11.0. The van der Waals surface area contributed by atoms with E-state index in [0.717, 1.165) is 57.7 Å². The average molecular weight is 183 g/mol. The van der Waals surface area contributed by atoms with Crippen LogP contribution < -0.4 is 5.32 Å². The van der Waals surface area contributed by atoms with Gasteiger partial charge in [0.1, 0.15) is 0 Å². The van der Waals surface area contributed by atoms with Crippen molar-refractivity contribution in [3.8, 4) is 0 Å². The SMILES string of the molecule is CCCC(=N)CCN1CCNCC1. The molecule has 0 aromatic carbocycles. The Morgan fingerprint density at radius 1 is 1.31 bits per heavy atom. The number of rotatable bonds is 5. The van der Waals surface area contributed by atoms with Gasteiger partial charge in [0.25, 0.3) is 0 Å². The molecule has 1 fully saturated rings. The minimum absolute atomic E-state index is 0.918. The summed E-state index contributed by atoms with van der Waals surface area (Å²) >= 11 is 0. The van der Waals surface area contributed by atoms with E-state index >= 15 is 0 Å². The van der Waals surface area contributed by atoms with E-state index in [4.69, 9.17) is 5.41 Å². The van der Waals surface area contributed by atoms with Gasteiger partial charge < -0.3 is 15.6 Å². The molecule has 76 valence electrons. The monoisotopic (exact) mass is 183 g/mol. The largest absolute Gasteiger partial charge is 0.314 e. The van der Waals surface area contributed by atoms with Crippen LogP contribution in [0.5, 0.6) is 0 Å². The molecule has 0 aromatic heterocycles. The molecule has 13 heavy (non-hydrogen) atoms. The highest BCUT2D eigenvalue weighted by atomic mass is 15.2. The van der Waals surface area contributed by atoms with Gasteiger partial charge in [-0.25, -0.2) is 0 Å². The molecule has 0 bridgehead atoms. The van der Waals surface area contributed by atoms with Crippen LogP contribution in [0.15, 0.2) is 0 Å². The minimum atomic E-state index is 0.918. The van der Waals surface area contributed by atoms with Crippen LogP contribution in [-0.4, -0.2) is 43.3 Å². The first kappa shape index (κ1) is 10.7. The van der Waals surface area contributed by atoms with Crippen LogP contribution in [0, 0.1) is 5.41 Å². The van der Waals surface area contributed by atoms with Crippen LogP contribution in [0.25, 0.3) is 0 Å². The standard InChI is InChI=1S/C10H21N3/c1-2-3-10(11)4-7-13-8-5-12-6-9-13/h11-12H,2-9H2,1H3. The molecule has 0 atom stereocenters. The topological polar surface area (TPSA) is 39.1 Å². The molecule has 0 aliphatic carbocycles. The zero-order valence-corrected chi connectivity index (χ0v) is 8.60. The molecular weight excluding hydrogens is 162 g/mol. The quantitative estimate of drug-likeness (QED) is 0.627. The zero-order valence-electron chi connectivity index (χ0n) is 8.60. The Labute approximate surface area is 81.0 Å². The first-order valence-electron chi connectivity index (χ1n) is 5.32. The van der Waals surface area contributed by atoms with E-state index < -0.39 is 0 Å². The Balaban J connectivity index is 2.06. The lowest BCUT2D eigenvalue weighted by atomic mass is 10.1. The molecule has 0 unspecified atom stereocenters. The average Bonchev–Trinajstić information content (AvgIpc) is 2.17. The fraction of sp³-hybridized carbons (Fsp3) is 0.900. The van der Waals surface area contributed by atoms with Gasteiger partial charge in [-0.1, -0.05) is 13.3 Å². The second kappa shape index (κ2) is 6.11. The first-order chi connectivity index (χ1) is 6.33. The summed E-state index contributed by atoms with van der Waals surface area (Å²) in [6, 6.07) is 0. The summed E-state index contributed by atoms with van der Waals surface area (Å²) < 4.78 is 0. The molecule has 2 N–H and O–H groups in total. The molecular formula is C10H21N3. The number of nitrogens with zero attached hydrogens (tertiary/aromatic N) is 1. The van der Waals surface area contributed by atoms with Crippen molar-refractivity contribution in [2.75, 3.05) is 32.7 Å². The van der Waals surface area contributed by atoms with E-state index in [1.54, 1.807) is 0 Å². The van der Waals surface area contributed by atoms with Crippen LogP contribution in [0.4, 0.5) is 0 Å². The van der Waals surface area contributed by atoms with Gasteiger partial charge in [-0.05, 0) is 12.8 Å². The van der Waals surface area contributed by atoms with Crippen molar-refractivity contribution in [3.63, 3.8) is 0 Å². The van der Waals surface area contributed by atoms with Crippen molar-refractivity contribution in [2.45, 2.75) is 26.2 Å². The number of piperazine rings is 1. The van der Waals surface area contributed by atoms with E-state index in [9.17, 15) is 0 Å². The smallest absolute Gasteiger partial charge is 0.0108 e. The number of hydrogen-bond donors (Lipinski definition) is 2. The predicted octanol–water partition coefficient (Wildman–Crippen LogP) is 1.10. The van der Waals surface area contributed by atoms with Crippen molar-refractivity contribution in [3.05, 3.63) is 0 Å². The molecule has 1 heterocycles. The molecule has 1 aliphatic heterocycles. The normalized spacial score (nSPS) is 18.8. The lowest BCUT2D eigenvalue weighted by Gasteiger charge is -2.27. The molecule has 0 aromatic rings. The van der Waals surface area contributed by atoms with Gasteiger partial charge in [0, 0.05) is 38.4 Å². The lowest BCUT2D eigenvalue weighted by molar-refractivity contribution is 0.247. The van der Waals surface area contributed by atoms with E-state index in [-0.39, 0.29) is 0 Å². The highest BCUT2D eigenvalue weighted by Gasteiger charge is 2.09. The van der Waals surface area contributed by atoms with Crippen molar-refractivity contribution >= 4 is 5.71 Å². The van der Waals surface area contributed by atoms with Crippen molar-refractivity contribution < 1.29 is 0 Å². The van der Waals surface area contributed by atoms with Gasteiger partial charge in [0.15, 0.2) is 0 Å². The van der Waals surface area contributed by atoms with Crippen molar-refractivity contribution in [2.24, 2.45) is 0 Å². The van der Waals surface area contributed by atoms with E-state index in [0.29, 0.717) is 0 Å². The maximum Gasteiger partial charge on any atom is 0.0108 e. The predicted molar refractivity (Wildman–Crippen MR) is 56.6 cm³/mol. The molecule has 0 saturated carbocycles. The third-order valence-corrected chi connectivity index (χ3v) is 2.49. The molecule has 1 rings (SSSR count). The lowest BCUT2D eigenvalue weighted by Crippen LogP contribution is -2.44. The van der Waals surface area contributed by atoms with Gasteiger partial charge >= 0.3 is 0 Å². The van der Waals surface area contributed by atoms with Crippen LogP contribution in [0.3, 0.4) is 0 Å². The summed E-state index contributed by atoms with van der Waals surface area (Å²) in [7, 11) is 0. The van der Waals surface area contributed by atoms with Crippen LogP contribution >= 0.6 is 0 Å².